The highest BCUT2D eigenvalue weighted by Crippen LogP contribution is 2.03. The minimum atomic E-state index is 0. The lowest BCUT2D eigenvalue weighted by Crippen LogP contribution is -2.44. The Morgan fingerprint density at radius 3 is 2.50 bits per heavy atom. The number of rotatable bonds is 7. The maximum atomic E-state index is 4.64. The second-order valence-corrected chi connectivity index (χ2v) is 5.94. The van der Waals surface area contributed by atoms with Crippen molar-refractivity contribution in [3.8, 4) is 0 Å². The van der Waals surface area contributed by atoms with Crippen LogP contribution in [0.15, 0.2) is 11.1 Å². The van der Waals surface area contributed by atoms with Gasteiger partial charge in [0.25, 0.3) is 0 Å². The van der Waals surface area contributed by atoms with Crippen molar-refractivity contribution >= 4 is 29.9 Å². The molecule has 0 fully saturated rings. The van der Waals surface area contributed by atoms with Crippen molar-refractivity contribution in [1.82, 2.24) is 20.4 Å². The van der Waals surface area contributed by atoms with E-state index >= 15 is 0 Å². The molecule has 0 aliphatic carbocycles. The zero-order valence-corrected chi connectivity index (χ0v) is 17.1. The Morgan fingerprint density at radius 2 is 2.00 bits per heavy atom. The Kier molecular flexibility index (Phi) is 10.5. The van der Waals surface area contributed by atoms with Gasteiger partial charge in [-0.25, -0.2) is 0 Å². The van der Waals surface area contributed by atoms with E-state index in [1.165, 1.54) is 5.69 Å². The first-order chi connectivity index (χ1) is 9.93. The molecule has 1 aromatic heterocycles. The Labute approximate surface area is 152 Å². The minimum Gasteiger partial charge on any atom is -0.357 e. The summed E-state index contributed by atoms with van der Waals surface area (Å²) in [4.78, 5) is 4.64. The van der Waals surface area contributed by atoms with Crippen molar-refractivity contribution in [2.45, 2.75) is 60.5 Å². The molecule has 6 heteroatoms. The molecular formula is C16H32IN5. The molecule has 2 N–H and O–H groups in total. The predicted octanol–water partition coefficient (Wildman–Crippen LogP) is 3.11. The molecule has 1 atom stereocenters. The third kappa shape index (κ3) is 7.47. The van der Waals surface area contributed by atoms with Crippen molar-refractivity contribution in [3.63, 3.8) is 0 Å². The monoisotopic (exact) mass is 421 g/mol. The summed E-state index contributed by atoms with van der Waals surface area (Å²) in [5, 5.41) is 11.2. The van der Waals surface area contributed by atoms with Crippen LogP contribution in [0.25, 0.3) is 0 Å². The van der Waals surface area contributed by atoms with Crippen LogP contribution in [0.3, 0.4) is 0 Å². The van der Waals surface area contributed by atoms with Crippen LogP contribution in [-0.4, -0.2) is 34.9 Å². The highest BCUT2D eigenvalue weighted by molar-refractivity contribution is 14.0. The van der Waals surface area contributed by atoms with Gasteiger partial charge in [0.1, 0.15) is 0 Å². The van der Waals surface area contributed by atoms with Gasteiger partial charge < -0.3 is 10.6 Å². The van der Waals surface area contributed by atoms with Gasteiger partial charge in [-0.15, -0.1) is 24.0 Å². The highest BCUT2D eigenvalue weighted by Gasteiger charge is 2.08. The standard InChI is InChI=1S/C16H31N5.HI/c1-7-17-16(19-15(6)12(2)3)18-9-8-10-21-14(5)11-13(4)20-21;/h11-12,15H,7-10H2,1-6H3,(H2,17,18,19);1H. The van der Waals surface area contributed by atoms with E-state index in [4.69, 9.17) is 0 Å². The molecule has 1 heterocycles. The van der Waals surface area contributed by atoms with Crippen LogP contribution in [-0.2, 0) is 6.54 Å². The zero-order valence-electron chi connectivity index (χ0n) is 14.8. The first kappa shape index (κ1) is 21.2. The van der Waals surface area contributed by atoms with Crippen LogP contribution >= 0.6 is 24.0 Å². The van der Waals surface area contributed by atoms with Crippen LogP contribution in [0.4, 0.5) is 0 Å². The van der Waals surface area contributed by atoms with E-state index in [9.17, 15) is 0 Å². The molecule has 0 aliphatic rings. The molecule has 1 unspecified atom stereocenters. The Hall–Kier alpha value is -0.790. The lowest BCUT2D eigenvalue weighted by atomic mass is 10.1. The van der Waals surface area contributed by atoms with E-state index < -0.39 is 0 Å². The quantitative estimate of drug-likeness (QED) is 0.308. The fraction of sp³-hybridized carbons (Fsp3) is 0.750. The number of aryl methyl sites for hydroxylation is 3. The van der Waals surface area contributed by atoms with Crippen LogP contribution in [0.1, 0.15) is 45.5 Å². The van der Waals surface area contributed by atoms with E-state index in [-0.39, 0.29) is 24.0 Å². The van der Waals surface area contributed by atoms with Crippen molar-refractivity contribution in [2.24, 2.45) is 10.9 Å². The van der Waals surface area contributed by atoms with Crippen LogP contribution in [0.5, 0.6) is 0 Å². The van der Waals surface area contributed by atoms with Gasteiger partial charge in [-0.2, -0.15) is 5.10 Å². The van der Waals surface area contributed by atoms with E-state index in [1.807, 2.05) is 6.92 Å². The Bertz CT molecular complexity index is 453. The summed E-state index contributed by atoms with van der Waals surface area (Å²) in [5.41, 5.74) is 2.30. The van der Waals surface area contributed by atoms with Gasteiger partial charge in [-0.3, -0.25) is 9.67 Å². The van der Waals surface area contributed by atoms with E-state index in [0.717, 1.165) is 37.7 Å². The summed E-state index contributed by atoms with van der Waals surface area (Å²) < 4.78 is 2.06. The molecule has 0 saturated carbocycles. The van der Waals surface area contributed by atoms with Crippen molar-refractivity contribution < 1.29 is 0 Å². The summed E-state index contributed by atoms with van der Waals surface area (Å²) in [6.07, 6.45) is 0.995. The molecule has 1 aromatic rings. The molecule has 0 aliphatic heterocycles. The van der Waals surface area contributed by atoms with Gasteiger partial charge in [0.15, 0.2) is 5.96 Å². The number of aromatic nitrogens is 2. The van der Waals surface area contributed by atoms with Gasteiger partial charge in [-0.05, 0) is 46.1 Å². The normalized spacial score (nSPS) is 13.0. The summed E-state index contributed by atoms with van der Waals surface area (Å²) in [6.45, 7) is 15.4. The molecule has 5 nitrogen and oxygen atoms in total. The van der Waals surface area contributed by atoms with E-state index in [1.54, 1.807) is 0 Å². The van der Waals surface area contributed by atoms with Crippen molar-refractivity contribution in [1.29, 1.82) is 0 Å². The molecule has 0 saturated heterocycles. The molecule has 0 aromatic carbocycles. The molecule has 0 radical (unpaired) electrons. The van der Waals surface area contributed by atoms with Gasteiger partial charge in [-0.1, -0.05) is 13.8 Å². The van der Waals surface area contributed by atoms with Crippen molar-refractivity contribution in [2.75, 3.05) is 13.1 Å². The summed E-state index contributed by atoms with van der Waals surface area (Å²) in [5.74, 6) is 1.50. The average molecular weight is 421 g/mol. The smallest absolute Gasteiger partial charge is 0.191 e. The Balaban J connectivity index is 0.00000441. The van der Waals surface area contributed by atoms with Gasteiger partial charge in [0.2, 0.25) is 0 Å². The third-order valence-corrected chi connectivity index (χ3v) is 3.61. The molecule has 0 spiro atoms. The number of hydrogen-bond donors (Lipinski definition) is 2. The first-order valence-corrected chi connectivity index (χ1v) is 8.00. The number of hydrogen-bond acceptors (Lipinski definition) is 2. The number of halogens is 1. The summed E-state index contributed by atoms with van der Waals surface area (Å²) >= 11 is 0. The fourth-order valence-electron chi connectivity index (χ4n) is 2.01. The number of aliphatic imine (C=N–C) groups is 1. The van der Waals surface area contributed by atoms with E-state index in [0.29, 0.717) is 12.0 Å². The van der Waals surface area contributed by atoms with Gasteiger partial charge in [0.05, 0.1) is 5.69 Å². The largest absolute Gasteiger partial charge is 0.357 e. The molecular weight excluding hydrogens is 389 g/mol. The highest BCUT2D eigenvalue weighted by atomic mass is 127. The van der Waals surface area contributed by atoms with Crippen LogP contribution in [0, 0.1) is 19.8 Å². The second kappa shape index (κ2) is 10.9. The fourth-order valence-corrected chi connectivity index (χ4v) is 2.01. The first-order valence-electron chi connectivity index (χ1n) is 8.00. The second-order valence-electron chi connectivity index (χ2n) is 5.94. The molecule has 0 amide bonds. The van der Waals surface area contributed by atoms with Gasteiger partial charge in [0, 0.05) is 31.4 Å². The summed E-state index contributed by atoms with van der Waals surface area (Å²) in [7, 11) is 0. The van der Waals surface area contributed by atoms with Gasteiger partial charge >= 0.3 is 0 Å². The third-order valence-electron chi connectivity index (χ3n) is 3.61. The molecule has 128 valence electrons. The van der Waals surface area contributed by atoms with Crippen molar-refractivity contribution in [3.05, 3.63) is 17.5 Å². The maximum absolute atomic E-state index is 4.64. The molecule has 0 bridgehead atoms. The number of guanidine groups is 1. The molecule has 1 rings (SSSR count). The Morgan fingerprint density at radius 1 is 1.32 bits per heavy atom. The lowest BCUT2D eigenvalue weighted by molar-refractivity contribution is 0.480. The zero-order chi connectivity index (χ0) is 15.8. The molecule has 22 heavy (non-hydrogen) atoms. The lowest BCUT2D eigenvalue weighted by Gasteiger charge is -2.20. The van der Waals surface area contributed by atoms with Crippen LogP contribution < -0.4 is 10.6 Å². The SMILES string of the molecule is CCNC(=NCCCn1nc(C)cc1C)NC(C)C(C)C.I. The van der Waals surface area contributed by atoms with Crippen LogP contribution in [0.2, 0.25) is 0 Å². The number of nitrogens with one attached hydrogen (secondary N) is 2. The topological polar surface area (TPSA) is 54.2 Å². The van der Waals surface area contributed by atoms with E-state index in [2.05, 4.69) is 66.1 Å². The summed E-state index contributed by atoms with van der Waals surface area (Å²) in [6, 6.07) is 2.53. The number of nitrogens with zero attached hydrogens (tertiary/aromatic N) is 3. The minimum absolute atomic E-state index is 0. The average Bonchev–Trinajstić information content (AvgIpc) is 2.73. The predicted molar refractivity (Wildman–Crippen MR) is 105 cm³/mol. The maximum Gasteiger partial charge on any atom is 0.191 e.